The monoisotopic (exact) mass is 469 g/mol. The van der Waals surface area contributed by atoms with Crippen molar-refractivity contribution in [2.45, 2.75) is 44.8 Å². The molecule has 1 aliphatic rings. The Morgan fingerprint density at radius 1 is 1.20 bits per heavy atom. The third-order valence-electron chi connectivity index (χ3n) is 6.72. The molecule has 2 aromatic heterocycles. The molecule has 0 bridgehead atoms. The molecule has 2 heterocycles. The van der Waals surface area contributed by atoms with E-state index in [1.807, 2.05) is 55.7 Å². The third-order valence-corrected chi connectivity index (χ3v) is 6.72. The summed E-state index contributed by atoms with van der Waals surface area (Å²) in [6.07, 6.45) is 5.23. The Labute approximate surface area is 203 Å². The SMILES string of the molecule is Cn1ccc(COc2ccc3nc([C@H]4CCCC[C@H]4C(=O)O)n(Cc4cccc(C#N)c4)c3c2)n1. The zero-order chi connectivity index (χ0) is 24.4. The van der Waals surface area contributed by atoms with Crippen molar-refractivity contribution in [2.75, 3.05) is 0 Å². The number of fused-ring (bicyclic) bond motifs is 1. The van der Waals surface area contributed by atoms with Gasteiger partial charge in [0.1, 0.15) is 18.2 Å². The summed E-state index contributed by atoms with van der Waals surface area (Å²) in [4.78, 5) is 17.0. The van der Waals surface area contributed by atoms with Crippen molar-refractivity contribution in [3.05, 3.63) is 77.4 Å². The normalized spacial score (nSPS) is 17.8. The van der Waals surface area contributed by atoms with Crippen LogP contribution in [0.5, 0.6) is 5.75 Å². The van der Waals surface area contributed by atoms with Crippen LogP contribution < -0.4 is 4.74 Å². The minimum atomic E-state index is -0.765. The molecule has 1 aliphatic carbocycles. The number of nitriles is 1. The average molecular weight is 470 g/mol. The quantitative estimate of drug-likeness (QED) is 0.423. The topological polar surface area (TPSA) is 106 Å². The lowest BCUT2D eigenvalue weighted by atomic mass is 9.78. The van der Waals surface area contributed by atoms with Gasteiger partial charge in [-0.3, -0.25) is 9.48 Å². The molecule has 2 atom stereocenters. The van der Waals surface area contributed by atoms with Crippen LogP contribution in [0.3, 0.4) is 0 Å². The summed E-state index contributed by atoms with van der Waals surface area (Å²) >= 11 is 0. The summed E-state index contributed by atoms with van der Waals surface area (Å²) in [5.41, 5.74) is 4.08. The van der Waals surface area contributed by atoms with Crippen molar-refractivity contribution < 1.29 is 14.6 Å². The van der Waals surface area contributed by atoms with E-state index in [-0.39, 0.29) is 5.92 Å². The summed E-state index contributed by atoms with van der Waals surface area (Å²) in [5.74, 6) is 0.103. The first-order valence-corrected chi connectivity index (χ1v) is 11.8. The van der Waals surface area contributed by atoms with Gasteiger partial charge in [0.2, 0.25) is 0 Å². The van der Waals surface area contributed by atoms with E-state index in [9.17, 15) is 15.2 Å². The Morgan fingerprint density at radius 2 is 2.06 bits per heavy atom. The van der Waals surface area contributed by atoms with Crippen molar-refractivity contribution >= 4 is 17.0 Å². The van der Waals surface area contributed by atoms with Crippen LogP contribution >= 0.6 is 0 Å². The van der Waals surface area contributed by atoms with Gasteiger partial charge in [-0.2, -0.15) is 10.4 Å². The lowest BCUT2D eigenvalue weighted by Gasteiger charge is -2.28. The third kappa shape index (κ3) is 4.76. The van der Waals surface area contributed by atoms with E-state index in [1.165, 1.54) is 0 Å². The average Bonchev–Trinajstić information content (AvgIpc) is 3.45. The fraction of sp³-hybridized carbons (Fsp3) is 0.333. The van der Waals surface area contributed by atoms with Crippen LogP contribution in [0.2, 0.25) is 0 Å². The smallest absolute Gasteiger partial charge is 0.307 e. The number of rotatable bonds is 7. The maximum Gasteiger partial charge on any atom is 0.307 e. The molecule has 4 aromatic rings. The van der Waals surface area contributed by atoms with Crippen molar-refractivity contribution in [3.63, 3.8) is 0 Å². The molecule has 2 aromatic carbocycles. The lowest BCUT2D eigenvalue weighted by Crippen LogP contribution is -2.27. The molecule has 0 aliphatic heterocycles. The number of carboxylic acid groups (broad SMARTS) is 1. The number of benzene rings is 2. The molecule has 1 N–H and O–H groups in total. The first kappa shape index (κ1) is 22.7. The number of ether oxygens (including phenoxy) is 1. The largest absolute Gasteiger partial charge is 0.487 e. The number of aromatic nitrogens is 4. The molecule has 178 valence electrons. The second-order valence-electron chi connectivity index (χ2n) is 9.12. The Morgan fingerprint density at radius 3 is 2.83 bits per heavy atom. The molecule has 0 amide bonds. The number of aryl methyl sites for hydroxylation is 1. The van der Waals surface area contributed by atoms with Gasteiger partial charge >= 0.3 is 5.97 Å². The van der Waals surface area contributed by atoms with E-state index in [4.69, 9.17) is 9.72 Å². The van der Waals surface area contributed by atoms with Crippen LogP contribution in [0.1, 0.15) is 54.2 Å². The van der Waals surface area contributed by atoms with E-state index in [0.29, 0.717) is 30.9 Å². The van der Waals surface area contributed by atoms with Gasteiger partial charge in [0.15, 0.2) is 0 Å². The van der Waals surface area contributed by atoms with Gasteiger partial charge in [-0.25, -0.2) is 4.98 Å². The summed E-state index contributed by atoms with van der Waals surface area (Å²) < 4.78 is 9.86. The molecule has 0 spiro atoms. The van der Waals surface area contributed by atoms with E-state index in [2.05, 4.69) is 15.7 Å². The second kappa shape index (κ2) is 9.63. The Bertz CT molecular complexity index is 1410. The Hall–Kier alpha value is -4.12. The van der Waals surface area contributed by atoms with Crippen LogP contribution in [0, 0.1) is 17.2 Å². The molecule has 0 saturated heterocycles. The molecule has 0 radical (unpaired) electrons. The minimum Gasteiger partial charge on any atom is -0.487 e. The molecular weight excluding hydrogens is 442 g/mol. The highest BCUT2D eigenvalue weighted by atomic mass is 16.5. The van der Waals surface area contributed by atoms with Crippen LogP contribution in [0.4, 0.5) is 0 Å². The van der Waals surface area contributed by atoms with Crippen LogP contribution in [-0.2, 0) is 25.0 Å². The van der Waals surface area contributed by atoms with Crippen molar-refractivity contribution in [2.24, 2.45) is 13.0 Å². The maximum absolute atomic E-state index is 12.1. The van der Waals surface area contributed by atoms with Crippen molar-refractivity contribution in [3.8, 4) is 11.8 Å². The first-order valence-electron chi connectivity index (χ1n) is 11.8. The van der Waals surface area contributed by atoms with Gasteiger partial charge in [-0.15, -0.1) is 0 Å². The minimum absolute atomic E-state index is 0.161. The van der Waals surface area contributed by atoms with E-state index < -0.39 is 11.9 Å². The molecular formula is C27H27N5O3. The van der Waals surface area contributed by atoms with Crippen molar-refractivity contribution in [1.29, 1.82) is 5.26 Å². The lowest BCUT2D eigenvalue weighted by molar-refractivity contribution is -0.143. The molecule has 1 fully saturated rings. The van der Waals surface area contributed by atoms with Gasteiger partial charge in [0.05, 0.1) is 34.3 Å². The Kier molecular flexibility index (Phi) is 6.23. The standard InChI is InChI=1S/C27H27N5O3/c1-31-12-11-20(30-31)17-35-21-9-10-24-25(14-21)32(16-19-6-4-5-18(13-19)15-28)26(29-24)22-7-2-3-8-23(22)27(33)34/h4-6,9-14,22-23H,2-3,7-8,16-17H2,1H3,(H,33,34)/t22-,23+/m0/s1. The fourth-order valence-corrected chi connectivity index (χ4v) is 5.01. The maximum atomic E-state index is 12.1. The number of imidazole rings is 1. The van der Waals surface area contributed by atoms with E-state index in [1.54, 1.807) is 10.7 Å². The van der Waals surface area contributed by atoms with Crippen LogP contribution in [-0.4, -0.2) is 30.4 Å². The number of carbonyl (C=O) groups is 1. The predicted octanol–water partition coefficient (Wildman–Crippen LogP) is 4.63. The van der Waals surface area contributed by atoms with Gasteiger partial charge in [0.25, 0.3) is 0 Å². The van der Waals surface area contributed by atoms with E-state index in [0.717, 1.165) is 47.4 Å². The zero-order valence-electron chi connectivity index (χ0n) is 19.6. The number of carboxylic acids is 1. The Balaban J connectivity index is 1.55. The number of hydrogen-bond acceptors (Lipinski definition) is 5. The van der Waals surface area contributed by atoms with Gasteiger partial charge in [-0.1, -0.05) is 25.0 Å². The van der Waals surface area contributed by atoms with Crippen LogP contribution in [0.25, 0.3) is 11.0 Å². The molecule has 35 heavy (non-hydrogen) atoms. The molecule has 8 heteroatoms. The summed E-state index contributed by atoms with van der Waals surface area (Å²) in [6.45, 7) is 0.842. The fourth-order valence-electron chi connectivity index (χ4n) is 5.01. The highest BCUT2D eigenvalue weighted by Gasteiger charge is 2.35. The van der Waals surface area contributed by atoms with Gasteiger partial charge in [-0.05, 0) is 48.7 Å². The number of hydrogen-bond donors (Lipinski definition) is 1. The highest BCUT2D eigenvalue weighted by molar-refractivity contribution is 5.79. The number of aliphatic carboxylic acids is 1. The van der Waals surface area contributed by atoms with Gasteiger partial charge in [0, 0.05) is 31.8 Å². The van der Waals surface area contributed by atoms with Crippen molar-refractivity contribution in [1.82, 2.24) is 19.3 Å². The summed E-state index contributed by atoms with van der Waals surface area (Å²) in [7, 11) is 1.87. The van der Waals surface area contributed by atoms with Gasteiger partial charge < -0.3 is 14.4 Å². The predicted molar refractivity (Wildman–Crippen MR) is 130 cm³/mol. The molecule has 0 unspecified atom stereocenters. The van der Waals surface area contributed by atoms with Crippen LogP contribution in [0.15, 0.2) is 54.7 Å². The zero-order valence-corrected chi connectivity index (χ0v) is 19.6. The second-order valence-corrected chi connectivity index (χ2v) is 9.12. The molecule has 1 saturated carbocycles. The summed E-state index contributed by atoms with van der Waals surface area (Å²) in [6, 6.07) is 17.4. The summed E-state index contributed by atoms with van der Waals surface area (Å²) in [5, 5.41) is 23.6. The highest BCUT2D eigenvalue weighted by Crippen LogP contribution is 2.39. The molecule has 5 rings (SSSR count). The first-order chi connectivity index (χ1) is 17.0. The molecule has 8 nitrogen and oxygen atoms in total. The van der Waals surface area contributed by atoms with E-state index >= 15 is 0 Å². The number of nitrogens with zero attached hydrogens (tertiary/aromatic N) is 5.